The van der Waals surface area contributed by atoms with Crippen LogP contribution in [0.3, 0.4) is 0 Å². The van der Waals surface area contributed by atoms with E-state index in [9.17, 15) is 0 Å². The minimum atomic E-state index is 1.09. The fourth-order valence-corrected chi connectivity index (χ4v) is 6.39. The number of aromatic amines is 1. The number of H-pyrrole nitrogens is 1. The van der Waals surface area contributed by atoms with E-state index in [1.807, 2.05) is 57.2 Å². The van der Waals surface area contributed by atoms with Crippen LogP contribution >= 0.6 is 0 Å². The first-order chi connectivity index (χ1) is 24.0. The summed E-state index contributed by atoms with van der Waals surface area (Å²) in [6.45, 7) is 13.1. The largest absolute Gasteiger partial charge is 0.354 e. The van der Waals surface area contributed by atoms with E-state index in [1.165, 1.54) is 71.2 Å². The number of para-hydroxylation sites is 3. The zero-order chi connectivity index (χ0) is 34.2. The van der Waals surface area contributed by atoms with Crippen LogP contribution in [0.5, 0.6) is 0 Å². The SMILES string of the molecule is C=C(C)/C=C\C=C/C.C=C/C=C\C.c1ccc(-n2c3ccccc3c3cc(-c4cc5c6ccccc6[nH]c5c5ccccc45)ccc32)cc1. The van der Waals surface area contributed by atoms with Crippen LogP contribution in [-0.2, 0) is 0 Å². The van der Waals surface area contributed by atoms with E-state index >= 15 is 0 Å². The normalized spacial score (nSPS) is 11.5. The summed E-state index contributed by atoms with van der Waals surface area (Å²) in [6.07, 6.45) is 13.5. The van der Waals surface area contributed by atoms with E-state index in [-0.39, 0.29) is 0 Å². The first-order valence-corrected chi connectivity index (χ1v) is 16.8. The summed E-state index contributed by atoms with van der Waals surface area (Å²) < 4.78 is 2.37. The van der Waals surface area contributed by atoms with Gasteiger partial charge in [-0.15, -0.1) is 0 Å². The van der Waals surface area contributed by atoms with E-state index in [0.29, 0.717) is 0 Å². The second-order valence-corrected chi connectivity index (χ2v) is 12.0. The van der Waals surface area contributed by atoms with Crippen molar-refractivity contribution in [3.8, 4) is 16.8 Å². The van der Waals surface area contributed by atoms with Crippen LogP contribution in [0.15, 0.2) is 189 Å². The van der Waals surface area contributed by atoms with E-state index < -0.39 is 0 Å². The number of aromatic nitrogens is 2. The maximum absolute atomic E-state index is 3.71. The lowest BCUT2D eigenvalue weighted by Crippen LogP contribution is -1.92. The Kier molecular flexibility index (Phi) is 10.2. The molecule has 2 heteroatoms. The van der Waals surface area contributed by atoms with Gasteiger partial charge in [0.15, 0.2) is 0 Å². The maximum Gasteiger partial charge on any atom is 0.0544 e. The third kappa shape index (κ3) is 6.81. The molecule has 2 nitrogen and oxygen atoms in total. The maximum atomic E-state index is 3.71. The number of hydrogen-bond acceptors (Lipinski definition) is 0. The van der Waals surface area contributed by atoms with Crippen molar-refractivity contribution in [1.29, 1.82) is 0 Å². The fourth-order valence-electron chi connectivity index (χ4n) is 6.39. The molecule has 8 rings (SSSR count). The molecule has 0 atom stereocenters. The molecule has 240 valence electrons. The molecule has 8 aromatic rings. The Morgan fingerprint density at radius 1 is 0.592 bits per heavy atom. The van der Waals surface area contributed by atoms with Crippen molar-refractivity contribution >= 4 is 54.4 Å². The van der Waals surface area contributed by atoms with Gasteiger partial charge in [0.05, 0.1) is 16.6 Å². The highest BCUT2D eigenvalue weighted by Gasteiger charge is 2.16. The van der Waals surface area contributed by atoms with Gasteiger partial charge < -0.3 is 9.55 Å². The molecule has 0 aliphatic carbocycles. The molecule has 0 fully saturated rings. The van der Waals surface area contributed by atoms with Gasteiger partial charge in [0.2, 0.25) is 0 Å². The number of nitrogens with zero attached hydrogens (tertiary/aromatic N) is 1. The number of fused-ring (bicyclic) bond motifs is 8. The number of rotatable bonds is 5. The average molecular weight is 635 g/mol. The van der Waals surface area contributed by atoms with Gasteiger partial charge in [0.1, 0.15) is 0 Å². The molecule has 1 N–H and O–H groups in total. The molecule has 2 heterocycles. The topological polar surface area (TPSA) is 20.7 Å². The van der Waals surface area contributed by atoms with Crippen LogP contribution in [0.2, 0.25) is 0 Å². The van der Waals surface area contributed by atoms with Crippen molar-refractivity contribution < 1.29 is 0 Å². The van der Waals surface area contributed by atoms with Crippen LogP contribution < -0.4 is 0 Å². The Hall–Kier alpha value is -6.12. The van der Waals surface area contributed by atoms with Crippen molar-refractivity contribution in [2.75, 3.05) is 0 Å². The molecule has 6 aromatic carbocycles. The lowest BCUT2D eigenvalue weighted by molar-refractivity contribution is 1.18. The third-order valence-corrected chi connectivity index (χ3v) is 8.53. The fraction of sp³-hybridized carbons (Fsp3) is 0.0638. The first-order valence-electron chi connectivity index (χ1n) is 16.8. The molecule has 2 aromatic heterocycles. The van der Waals surface area contributed by atoms with E-state index in [0.717, 1.165) is 5.57 Å². The van der Waals surface area contributed by atoms with Crippen LogP contribution in [0.1, 0.15) is 20.8 Å². The molecule has 0 aliphatic heterocycles. The highest BCUT2D eigenvalue weighted by molar-refractivity contribution is 6.21. The van der Waals surface area contributed by atoms with E-state index in [4.69, 9.17) is 0 Å². The molecule has 0 radical (unpaired) electrons. The standard InChI is InChI=1S/C34H22N2.C8H12.C5H8/c1-2-10-23(11-3-1)36-32-17-9-7-14-26(32)29-20-22(18-19-33(29)36)28-21-30-25-13-6-8-16-31(25)35-34(30)27-15-5-4-12-24(27)28;1-4-5-6-7-8(2)3;1-3-5-4-2/h1-21,35H;4-7H,2H2,1,3H3;3-5H,1H2,2H3/b;5-4-,7-6-;5-4-. The predicted molar refractivity (Wildman–Crippen MR) is 217 cm³/mol. The van der Waals surface area contributed by atoms with Crippen molar-refractivity contribution in [3.05, 3.63) is 189 Å². The van der Waals surface area contributed by atoms with Gasteiger partial charge in [0.25, 0.3) is 0 Å². The van der Waals surface area contributed by atoms with Crippen molar-refractivity contribution in [2.24, 2.45) is 0 Å². The second-order valence-electron chi connectivity index (χ2n) is 12.0. The zero-order valence-electron chi connectivity index (χ0n) is 28.5. The summed E-state index contributed by atoms with van der Waals surface area (Å²) in [5.41, 5.74) is 9.61. The summed E-state index contributed by atoms with van der Waals surface area (Å²) in [7, 11) is 0. The van der Waals surface area contributed by atoms with Crippen LogP contribution in [-0.4, -0.2) is 9.55 Å². The molecular weight excluding hydrogens is 593 g/mol. The molecule has 0 spiro atoms. The van der Waals surface area contributed by atoms with Crippen molar-refractivity contribution in [2.45, 2.75) is 20.8 Å². The smallest absolute Gasteiger partial charge is 0.0544 e. The molecule has 0 amide bonds. The summed E-state index contributed by atoms with van der Waals surface area (Å²) in [4.78, 5) is 3.67. The molecular formula is C47H42N2. The Balaban J connectivity index is 0.000000275. The predicted octanol–water partition coefficient (Wildman–Crippen LogP) is 13.7. The molecule has 0 bridgehead atoms. The number of benzene rings is 6. The average Bonchev–Trinajstić information content (AvgIpc) is 3.68. The van der Waals surface area contributed by atoms with Gasteiger partial charge in [-0.05, 0) is 79.7 Å². The van der Waals surface area contributed by atoms with Crippen LogP contribution in [0.4, 0.5) is 0 Å². The summed E-state index contributed by atoms with van der Waals surface area (Å²) in [5, 5.41) is 7.61. The molecule has 0 saturated carbocycles. The van der Waals surface area contributed by atoms with Crippen molar-refractivity contribution in [1.82, 2.24) is 9.55 Å². The van der Waals surface area contributed by atoms with Gasteiger partial charge >= 0.3 is 0 Å². The Bertz CT molecular complexity index is 2500. The highest BCUT2D eigenvalue weighted by atomic mass is 15.0. The molecule has 49 heavy (non-hydrogen) atoms. The van der Waals surface area contributed by atoms with Crippen molar-refractivity contribution in [3.63, 3.8) is 0 Å². The Morgan fingerprint density at radius 3 is 1.92 bits per heavy atom. The lowest BCUT2D eigenvalue weighted by atomic mass is 9.94. The summed E-state index contributed by atoms with van der Waals surface area (Å²) in [6, 6.07) is 46.0. The highest BCUT2D eigenvalue weighted by Crippen LogP contribution is 2.40. The quantitative estimate of drug-likeness (QED) is 0.182. The van der Waals surface area contributed by atoms with Gasteiger partial charge in [-0.2, -0.15) is 0 Å². The lowest BCUT2D eigenvalue weighted by Gasteiger charge is -2.11. The van der Waals surface area contributed by atoms with Gasteiger partial charge in [-0.3, -0.25) is 0 Å². The van der Waals surface area contributed by atoms with Gasteiger partial charge in [-0.25, -0.2) is 0 Å². The Morgan fingerprint density at radius 2 is 1.22 bits per heavy atom. The summed E-state index contributed by atoms with van der Waals surface area (Å²) in [5.74, 6) is 0. The van der Waals surface area contributed by atoms with E-state index in [2.05, 4.69) is 150 Å². The molecule has 0 aliphatic rings. The number of allylic oxidation sites excluding steroid dienone is 8. The monoisotopic (exact) mass is 634 g/mol. The summed E-state index contributed by atoms with van der Waals surface area (Å²) >= 11 is 0. The third-order valence-electron chi connectivity index (χ3n) is 8.53. The van der Waals surface area contributed by atoms with Crippen LogP contribution in [0, 0.1) is 0 Å². The zero-order valence-corrected chi connectivity index (χ0v) is 28.5. The minimum Gasteiger partial charge on any atom is -0.354 e. The molecule has 0 unspecified atom stereocenters. The molecule has 0 saturated heterocycles. The first kappa shape index (κ1) is 32.8. The minimum absolute atomic E-state index is 1.09. The second kappa shape index (κ2) is 15.2. The van der Waals surface area contributed by atoms with Gasteiger partial charge in [-0.1, -0.05) is 146 Å². The number of nitrogens with one attached hydrogen (secondary N) is 1. The van der Waals surface area contributed by atoms with Crippen LogP contribution in [0.25, 0.3) is 71.2 Å². The number of hydrogen-bond donors (Lipinski definition) is 1. The van der Waals surface area contributed by atoms with Gasteiger partial charge in [0, 0.05) is 38.1 Å². The van der Waals surface area contributed by atoms with E-state index in [1.54, 1.807) is 6.08 Å². The Labute approximate surface area is 289 Å².